The van der Waals surface area contributed by atoms with Crippen molar-refractivity contribution in [1.82, 2.24) is 0 Å². The van der Waals surface area contributed by atoms with Crippen molar-refractivity contribution in [3.8, 4) is 5.75 Å². The molecule has 2 rings (SSSR count). The Labute approximate surface area is 126 Å². The van der Waals surface area contributed by atoms with Gasteiger partial charge in [-0.25, -0.2) is 4.39 Å². The molecule has 1 atom stereocenters. The van der Waals surface area contributed by atoms with Crippen molar-refractivity contribution in [1.29, 1.82) is 0 Å². The highest BCUT2D eigenvalue weighted by Gasteiger charge is 2.22. The number of nitrogens with two attached hydrogens (primary N) is 1. The number of halogens is 2. The summed E-state index contributed by atoms with van der Waals surface area (Å²) in [5.74, 6) is 0.533. The lowest BCUT2D eigenvalue weighted by Crippen LogP contribution is -2.35. The zero-order valence-electron chi connectivity index (χ0n) is 11.5. The first-order chi connectivity index (χ1) is 9.42. The summed E-state index contributed by atoms with van der Waals surface area (Å²) in [5.41, 5.74) is 7.82. The van der Waals surface area contributed by atoms with Crippen LogP contribution >= 0.6 is 15.9 Å². The van der Waals surface area contributed by atoms with Crippen LogP contribution in [0.4, 0.5) is 4.39 Å². The molecule has 106 valence electrons. The highest BCUT2D eigenvalue weighted by atomic mass is 79.9. The van der Waals surface area contributed by atoms with Crippen molar-refractivity contribution < 1.29 is 9.13 Å². The Morgan fingerprint density at radius 3 is 2.40 bits per heavy atom. The number of hydrogen-bond acceptors (Lipinski definition) is 2. The first kappa shape index (κ1) is 15.0. The van der Waals surface area contributed by atoms with Gasteiger partial charge in [0.15, 0.2) is 0 Å². The molecule has 0 radical (unpaired) electrons. The van der Waals surface area contributed by atoms with Crippen molar-refractivity contribution in [2.45, 2.75) is 18.9 Å². The highest BCUT2D eigenvalue weighted by Crippen LogP contribution is 2.29. The molecule has 0 aliphatic rings. The van der Waals surface area contributed by atoms with Gasteiger partial charge in [-0.3, -0.25) is 0 Å². The maximum absolute atomic E-state index is 13.0. The Balaban J connectivity index is 2.23. The molecule has 0 bridgehead atoms. The summed E-state index contributed by atoms with van der Waals surface area (Å²) in [7, 11) is 1.63. The van der Waals surface area contributed by atoms with E-state index in [0.29, 0.717) is 6.42 Å². The molecule has 0 saturated heterocycles. The molecule has 0 amide bonds. The predicted molar refractivity (Wildman–Crippen MR) is 82.3 cm³/mol. The molecule has 2 aromatic carbocycles. The van der Waals surface area contributed by atoms with Crippen molar-refractivity contribution >= 4 is 15.9 Å². The normalized spacial score (nSPS) is 13.8. The zero-order chi connectivity index (χ0) is 14.8. The van der Waals surface area contributed by atoms with Gasteiger partial charge < -0.3 is 10.5 Å². The van der Waals surface area contributed by atoms with Crippen LogP contribution in [0.2, 0.25) is 0 Å². The van der Waals surface area contributed by atoms with Crippen LogP contribution in [0.3, 0.4) is 0 Å². The quantitative estimate of drug-likeness (QED) is 0.914. The van der Waals surface area contributed by atoms with E-state index in [0.717, 1.165) is 21.3 Å². The van der Waals surface area contributed by atoms with E-state index in [-0.39, 0.29) is 5.82 Å². The molecule has 2 nitrogen and oxygen atoms in total. The van der Waals surface area contributed by atoms with Gasteiger partial charge in [0.25, 0.3) is 0 Å². The minimum atomic E-state index is -0.554. The Morgan fingerprint density at radius 2 is 1.85 bits per heavy atom. The fourth-order valence-electron chi connectivity index (χ4n) is 2.18. The van der Waals surface area contributed by atoms with Gasteiger partial charge in [0.1, 0.15) is 11.6 Å². The minimum absolute atomic E-state index is 0.253. The fraction of sp³-hybridized carbons (Fsp3) is 0.250. The molecule has 1 unspecified atom stereocenters. The van der Waals surface area contributed by atoms with Crippen LogP contribution in [0.15, 0.2) is 46.9 Å². The van der Waals surface area contributed by atoms with Gasteiger partial charge in [0, 0.05) is 5.54 Å². The summed E-state index contributed by atoms with van der Waals surface area (Å²) < 4.78 is 19.1. The molecular formula is C16H17BrFNO. The molecule has 0 aliphatic carbocycles. The van der Waals surface area contributed by atoms with E-state index in [1.54, 1.807) is 19.2 Å². The number of methoxy groups -OCH3 is 1. The van der Waals surface area contributed by atoms with Crippen molar-refractivity contribution in [3.63, 3.8) is 0 Å². The molecule has 4 heteroatoms. The highest BCUT2D eigenvalue weighted by molar-refractivity contribution is 9.10. The van der Waals surface area contributed by atoms with E-state index in [9.17, 15) is 4.39 Å². The van der Waals surface area contributed by atoms with E-state index >= 15 is 0 Å². The fourth-order valence-corrected chi connectivity index (χ4v) is 2.76. The lowest BCUT2D eigenvalue weighted by atomic mass is 9.86. The Kier molecular flexibility index (Phi) is 4.45. The summed E-state index contributed by atoms with van der Waals surface area (Å²) in [6.07, 6.45) is 0.654. The summed E-state index contributed by atoms with van der Waals surface area (Å²) in [6, 6.07) is 12.2. The van der Waals surface area contributed by atoms with Gasteiger partial charge in [-0.1, -0.05) is 18.2 Å². The average Bonchev–Trinajstić information content (AvgIpc) is 2.39. The van der Waals surface area contributed by atoms with Crippen molar-refractivity contribution in [3.05, 3.63) is 63.9 Å². The second kappa shape index (κ2) is 5.94. The largest absolute Gasteiger partial charge is 0.496 e. The molecule has 0 aliphatic heterocycles. The van der Waals surface area contributed by atoms with Crippen molar-refractivity contribution in [2.75, 3.05) is 7.11 Å². The van der Waals surface area contributed by atoms with Crippen LogP contribution in [0, 0.1) is 5.82 Å². The van der Waals surface area contributed by atoms with Crippen LogP contribution in [-0.4, -0.2) is 7.11 Å². The summed E-state index contributed by atoms with van der Waals surface area (Å²) in [5, 5.41) is 0. The van der Waals surface area contributed by atoms with Crippen LogP contribution in [0.25, 0.3) is 0 Å². The van der Waals surface area contributed by atoms with Crippen molar-refractivity contribution in [2.24, 2.45) is 5.73 Å². The van der Waals surface area contributed by atoms with E-state index < -0.39 is 5.54 Å². The number of hydrogen-bond donors (Lipinski definition) is 1. The second-order valence-electron chi connectivity index (χ2n) is 5.07. The van der Waals surface area contributed by atoms with Crippen LogP contribution in [0.1, 0.15) is 18.1 Å². The van der Waals surface area contributed by atoms with Crippen LogP contribution in [0.5, 0.6) is 5.75 Å². The standard InChI is InChI=1S/C16H17BrFNO/c1-16(19,12-4-6-13(18)7-5-12)10-11-3-8-15(20-2)14(17)9-11/h3-9H,10,19H2,1-2H3. The van der Waals surface area contributed by atoms with E-state index in [2.05, 4.69) is 15.9 Å². The van der Waals surface area contributed by atoms with Crippen LogP contribution in [-0.2, 0) is 12.0 Å². The van der Waals surface area contributed by atoms with E-state index in [1.807, 2.05) is 25.1 Å². The van der Waals surface area contributed by atoms with Gasteiger partial charge in [-0.2, -0.15) is 0 Å². The number of rotatable bonds is 4. The third kappa shape index (κ3) is 3.38. The van der Waals surface area contributed by atoms with Gasteiger partial charge >= 0.3 is 0 Å². The zero-order valence-corrected chi connectivity index (χ0v) is 13.1. The minimum Gasteiger partial charge on any atom is -0.496 e. The first-order valence-corrected chi connectivity index (χ1v) is 7.09. The maximum atomic E-state index is 13.0. The summed E-state index contributed by atoms with van der Waals surface area (Å²) >= 11 is 3.47. The van der Waals surface area contributed by atoms with E-state index in [4.69, 9.17) is 10.5 Å². The second-order valence-corrected chi connectivity index (χ2v) is 5.92. The maximum Gasteiger partial charge on any atom is 0.133 e. The topological polar surface area (TPSA) is 35.2 Å². The van der Waals surface area contributed by atoms with Gasteiger partial charge in [0.05, 0.1) is 11.6 Å². The molecule has 0 fully saturated rings. The third-order valence-corrected chi connectivity index (χ3v) is 3.91. The van der Waals surface area contributed by atoms with Gasteiger partial charge in [-0.05, 0) is 64.7 Å². The molecule has 2 aromatic rings. The number of ether oxygens (including phenoxy) is 1. The Bertz CT molecular complexity index is 596. The van der Waals surface area contributed by atoms with Crippen LogP contribution < -0.4 is 10.5 Å². The molecule has 2 N–H and O–H groups in total. The molecule has 0 spiro atoms. The van der Waals surface area contributed by atoms with Gasteiger partial charge in [-0.15, -0.1) is 0 Å². The molecule has 0 saturated carbocycles. The summed E-state index contributed by atoms with van der Waals surface area (Å²) in [4.78, 5) is 0. The Hall–Kier alpha value is -1.39. The monoisotopic (exact) mass is 337 g/mol. The van der Waals surface area contributed by atoms with E-state index in [1.165, 1.54) is 12.1 Å². The Morgan fingerprint density at radius 1 is 1.20 bits per heavy atom. The molecule has 0 heterocycles. The lowest BCUT2D eigenvalue weighted by molar-refractivity contribution is 0.411. The predicted octanol–water partition coefficient (Wildman–Crippen LogP) is 4.01. The lowest BCUT2D eigenvalue weighted by Gasteiger charge is -2.25. The van der Waals surface area contributed by atoms with Gasteiger partial charge in [0.2, 0.25) is 0 Å². The molecule has 0 aromatic heterocycles. The molecular weight excluding hydrogens is 321 g/mol. The summed E-state index contributed by atoms with van der Waals surface area (Å²) in [6.45, 7) is 1.94. The number of benzene rings is 2. The molecule has 20 heavy (non-hydrogen) atoms. The SMILES string of the molecule is COc1ccc(CC(C)(N)c2ccc(F)cc2)cc1Br. The average molecular weight is 338 g/mol. The first-order valence-electron chi connectivity index (χ1n) is 6.30. The smallest absolute Gasteiger partial charge is 0.133 e. The third-order valence-electron chi connectivity index (χ3n) is 3.29.